The topological polar surface area (TPSA) is 88.8 Å². The number of rotatable bonds is 8. The van der Waals surface area contributed by atoms with Crippen molar-refractivity contribution in [3.63, 3.8) is 0 Å². The van der Waals surface area contributed by atoms with Crippen LogP contribution in [0.1, 0.15) is 29.7 Å². The third kappa shape index (κ3) is 4.74. The number of carbonyl (C=O) groups is 2. The second-order valence-electron chi connectivity index (χ2n) is 9.71. The number of nitrogens with one attached hydrogen (secondary N) is 1. The van der Waals surface area contributed by atoms with Crippen molar-refractivity contribution in [3.8, 4) is 0 Å². The molecule has 1 unspecified atom stereocenters. The molecular weight excluding hydrogens is 444 g/mol. The normalized spacial score (nSPS) is 23.6. The van der Waals surface area contributed by atoms with Gasteiger partial charge in [-0.05, 0) is 23.3 Å². The average molecular weight is 476 g/mol. The van der Waals surface area contributed by atoms with Crippen LogP contribution in [0.15, 0.2) is 83.5 Å². The predicted octanol–water partition coefficient (Wildman–Crippen LogP) is 2.98. The van der Waals surface area contributed by atoms with Gasteiger partial charge >= 0.3 is 5.97 Å². The number of ether oxygens (including phenoxy) is 1. The molecule has 7 heteroatoms. The van der Waals surface area contributed by atoms with Gasteiger partial charge in [0.1, 0.15) is 12.3 Å². The van der Waals surface area contributed by atoms with E-state index in [0.717, 1.165) is 25.9 Å². The Bertz CT molecular complexity index is 1100. The summed E-state index contributed by atoms with van der Waals surface area (Å²) in [7, 11) is 0. The van der Waals surface area contributed by atoms with Gasteiger partial charge in [0.25, 0.3) is 5.91 Å². The lowest BCUT2D eigenvalue weighted by Gasteiger charge is -2.51. The Kier molecular flexibility index (Phi) is 6.45. The van der Waals surface area contributed by atoms with Crippen molar-refractivity contribution in [2.24, 2.45) is 5.92 Å². The second-order valence-corrected chi connectivity index (χ2v) is 9.71. The summed E-state index contributed by atoms with van der Waals surface area (Å²) < 4.78 is 12.0. The van der Waals surface area contributed by atoms with Crippen molar-refractivity contribution in [1.82, 2.24) is 5.32 Å². The van der Waals surface area contributed by atoms with Gasteiger partial charge < -0.3 is 24.1 Å². The molecule has 3 aliphatic rings. The number of piperidine rings is 3. The fourth-order valence-corrected chi connectivity index (χ4v) is 5.52. The standard InChI is InChI=1S/C28H30N2O5/c31-26(29-18-24-12-7-17-34-24)20-30-15-13-21(14-16-30)25(19-30)35-27(32)28(33,22-8-3-1-4-9-22)23-10-5-2-6-11-23/h1-12,17,21,25,33H,13-16,18-20H2/p+1. The number of benzene rings is 2. The van der Waals surface area contributed by atoms with Gasteiger partial charge in [0, 0.05) is 18.8 Å². The van der Waals surface area contributed by atoms with Crippen LogP contribution in [0.2, 0.25) is 0 Å². The fourth-order valence-electron chi connectivity index (χ4n) is 5.52. The third-order valence-electron chi connectivity index (χ3n) is 7.50. The number of furan rings is 1. The van der Waals surface area contributed by atoms with E-state index < -0.39 is 11.6 Å². The zero-order valence-electron chi connectivity index (χ0n) is 19.6. The monoisotopic (exact) mass is 475 g/mol. The highest BCUT2D eigenvalue weighted by molar-refractivity contribution is 5.85. The van der Waals surface area contributed by atoms with Crippen molar-refractivity contribution in [2.45, 2.75) is 31.1 Å². The van der Waals surface area contributed by atoms with E-state index in [4.69, 9.17) is 9.15 Å². The molecule has 4 heterocycles. The number of quaternary nitrogens is 1. The summed E-state index contributed by atoms with van der Waals surface area (Å²) in [5, 5.41) is 14.7. The van der Waals surface area contributed by atoms with E-state index in [9.17, 15) is 14.7 Å². The highest BCUT2D eigenvalue weighted by Gasteiger charge is 2.51. The summed E-state index contributed by atoms with van der Waals surface area (Å²) in [6.45, 7) is 3.03. The van der Waals surface area contributed by atoms with Crippen LogP contribution in [0.5, 0.6) is 0 Å². The summed E-state index contributed by atoms with van der Waals surface area (Å²) >= 11 is 0. The molecule has 1 atom stereocenters. The predicted molar refractivity (Wildman–Crippen MR) is 129 cm³/mol. The quantitative estimate of drug-likeness (QED) is 0.386. The van der Waals surface area contributed by atoms with Gasteiger partial charge in [-0.3, -0.25) is 4.79 Å². The molecular formula is C28H31N2O5+. The van der Waals surface area contributed by atoms with E-state index >= 15 is 0 Å². The molecule has 0 aliphatic carbocycles. The maximum absolute atomic E-state index is 13.6. The first-order valence-electron chi connectivity index (χ1n) is 12.2. The molecule has 2 bridgehead atoms. The van der Waals surface area contributed by atoms with E-state index in [1.807, 2.05) is 18.2 Å². The minimum atomic E-state index is -1.90. The first kappa shape index (κ1) is 23.3. The third-order valence-corrected chi connectivity index (χ3v) is 7.50. The van der Waals surface area contributed by atoms with Crippen LogP contribution in [0.3, 0.4) is 0 Å². The highest BCUT2D eigenvalue weighted by Crippen LogP contribution is 2.38. The molecule has 1 amide bonds. The largest absolute Gasteiger partial charge is 0.467 e. The summed E-state index contributed by atoms with van der Waals surface area (Å²) in [6.07, 6.45) is 3.02. The minimum Gasteiger partial charge on any atom is -0.467 e. The molecule has 2 N–H and O–H groups in total. The number of esters is 1. The van der Waals surface area contributed by atoms with Gasteiger partial charge in [0.05, 0.1) is 25.9 Å². The van der Waals surface area contributed by atoms with Crippen LogP contribution in [0.25, 0.3) is 0 Å². The summed E-state index contributed by atoms with van der Waals surface area (Å²) in [6, 6.07) is 21.5. The van der Waals surface area contributed by atoms with Crippen LogP contribution in [-0.2, 0) is 26.5 Å². The second kappa shape index (κ2) is 9.68. The molecule has 7 nitrogen and oxygen atoms in total. The maximum atomic E-state index is 13.6. The van der Waals surface area contributed by atoms with E-state index in [1.165, 1.54) is 0 Å². The van der Waals surface area contributed by atoms with Crippen molar-refractivity contribution < 1.29 is 28.3 Å². The average Bonchev–Trinajstić information content (AvgIpc) is 3.42. The van der Waals surface area contributed by atoms with Crippen LogP contribution < -0.4 is 5.32 Å². The molecule has 3 saturated heterocycles. The Balaban J connectivity index is 1.31. The lowest BCUT2D eigenvalue weighted by Crippen LogP contribution is -2.66. The lowest BCUT2D eigenvalue weighted by atomic mass is 9.82. The van der Waals surface area contributed by atoms with Crippen LogP contribution >= 0.6 is 0 Å². The first-order valence-corrected chi connectivity index (χ1v) is 12.2. The smallest absolute Gasteiger partial charge is 0.348 e. The van der Waals surface area contributed by atoms with Gasteiger partial charge in [-0.15, -0.1) is 0 Å². The molecule has 3 aliphatic heterocycles. The van der Waals surface area contributed by atoms with Gasteiger partial charge in [0.2, 0.25) is 5.60 Å². The van der Waals surface area contributed by atoms with Crippen molar-refractivity contribution in [1.29, 1.82) is 0 Å². The molecule has 0 spiro atoms. The molecule has 2 aromatic carbocycles. The number of hydrogen-bond acceptors (Lipinski definition) is 5. The first-order chi connectivity index (χ1) is 17.0. The number of aliphatic hydroxyl groups is 1. The Morgan fingerprint density at radius 2 is 1.60 bits per heavy atom. The molecule has 0 radical (unpaired) electrons. The molecule has 182 valence electrons. The number of nitrogens with zero attached hydrogens (tertiary/aromatic N) is 1. The number of fused-ring (bicyclic) bond motifs is 3. The summed E-state index contributed by atoms with van der Waals surface area (Å²) in [5.74, 6) is 0.232. The maximum Gasteiger partial charge on any atom is 0.348 e. The summed E-state index contributed by atoms with van der Waals surface area (Å²) in [5.41, 5.74) is -0.961. The number of amides is 1. The van der Waals surface area contributed by atoms with Crippen LogP contribution in [-0.4, -0.2) is 53.7 Å². The molecule has 35 heavy (non-hydrogen) atoms. The lowest BCUT2D eigenvalue weighted by molar-refractivity contribution is -0.939. The van der Waals surface area contributed by atoms with E-state index in [1.54, 1.807) is 60.9 Å². The van der Waals surface area contributed by atoms with Gasteiger partial charge in [0.15, 0.2) is 12.6 Å². The van der Waals surface area contributed by atoms with E-state index in [2.05, 4.69) is 5.32 Å². The SMILES string of the molecule is O=C(C[N+]12CCC(CC1)C(OC(=O)C(O)(c1ccccc1)c1ccccc1)C2)NCc1ccco1. The highest BCUT2D eigenvalue weighted by atomic mass is 16.6. The van der Waals surface area contributed by atoms with Crippen molar-refractivity contribution in [2.75, 3.05) is 26.2 Å². The Morgan fingerprint density at radius 3 is 2.17 bits per heavy atom. The van der Waals surface area contributed by atoms with Gasteiger partial charge in [-0.2, -0.15) is 0 Å². The Hall–Kier alpha value is -3.42. The number of hydrogen-bond donors (Lipinski definition) is 2. The molecule has 1 aromatic heterocycles. The molecule has 3 aromatic rings. The van der Waals surface area contributed by atoms with Crippen LogP contribution in [0.4, 0.5) is 0 Å². The van der Waals surface area contributed by atoms with Crippen molar-refractivity contribution >= 4 is 11.9 Å². The minimum absolute atomic E-state index is 0.0445. The molecule has 0 saturated carbocycles. The molecule has 3 fully saturated rings. The number of carbonyl (C=O) groups excluding carboxylic acids is 2. The van der Waals surface area contributed by atoms with E-state index in [0.29, 0.717) is 41.0 Å². The fraction of sp³-hybridized carbons (Fsp3) is 0.357. The zero-order valence-corrected chi connectivity index (χ0v) is 19.6. The van der Waals surface area contributed by atoms with Gasteiger partial charge in [-0.25, -0.2) is 4.79 Å². The Labute approximate surface area is 204 Å². The van der Waals surface area contributed by atoms with Crippen molar-refractivity contribution in [3.05, 3.63) is 95.9 Å². The van der Waals surface area contributed by atoms with E-state index in [-0.39, 0.29) is 17.9 Å². The zero-order chi connectivity index (χ0) is 24.3. The van der Waals surface area contributed by atoms with Crippen LogP contribution in [0, 0.1) is 5.92 Å². The van der Waals surface area contributed by atoms with Gasteiger partial charge in [-0.1, -0.05) is 60.7 Å². The summed E-state index contributed by atoms with van der Waals surface area (Å²) in [4.78, 5) is 26.3. The molecule has 6 rings (SSSR count). The Morgan fingerprint density at radius 1 is 0.971 bits per heavy atom.